The molecule has 0 spiro atoms. The van der Waals surface area contributed by atoms with E-state index in [0.29, 0.717) is 28.5 Å². The Morgan fingerprint density at radius 2 is 1.97 bits per heavy atom. The third kappa shape index (κ3) is 3.99. The molecule has 2 aromatic heterocycles. The Bertz CT molecular complexity index is 1120. The van der Waals surface area contributed by atoms with Crippen LogP contribution in [-0.2, 0) is 11.3 Å². The zero-order valence-corrected chi connectivity index (χ0v) is 17.3. The molecule has 30 heavy (non-hydrogen) atoms. The van der Waals surface area contributed by atoms with E-state index in [4.69, 9.17) is 0 Å². The quantitative estimate of drug-likeness (QED) is 0.699. The molecule has 3 aromatic rings. The molecule has 0 saturated heterocycles. The lowest BCUT2D eigenvalue weighted by Crippen LogP contribution is -2.41. The monoisotopic (exact) mass is 411 g/mol. The number of nitrogens with one attached hydrogen (secondary N) is 1. The van der Waals surface area contributed by atoms with E-state index in [1.165, 1.54) is 34.0 Å². The molecular weight excluding hydrogens is 385 g/mol. The summed E-state index contributed by atoms with van der Waals surface area (Å²) in [7, 11) is 0. The summed E-state index contributed by atoms with van der Waals surface area (Å²) in [6.45, 7) is 4.18. The molecule has 2 unspecified atom stereocenters. The molecule has 4 rings (SSSR count). The highest BCUT2D eigenvalue weighted by Gasteiger charge is 2.23. The third-order valence-corrected chi connectivity index (χ3v) is 5.97. The predicted molar refractivity (Wildman–Crippen MR) is 112 cm³/mol. The van der Waals surface area contributed by atoms with Gasteiger partial charge in [0.25, 0.3) is 5.56 Å². The molecule has 8 heteroatoms. The normalized spacial score (nSPS) is 19.2. The van der Waals surface area contributed by atoms with Crippen molar-refractivity contribution in [1.29, 1.82) is 0 Å². The Kier molecular flexibility index (Phi) is 5.65. The van der Waals surface area contributed by atoms with Crippen molar-refractivity contribution in [2.75, 3.05) is 0 Å². The summed E-state index contributed by atoms with van der Waals surface area (Å²) in [4.78, 5) is 30.0. The van der Waals surface area contributed by atoms with Crippen LogP contribution in [0.5, 0.6) is 0 Å². The van der Waals surface area contributed by atoms with Gasteiger partial charge in [0.2, 0.25) is 5.91 Å². The van der Waals surface area contributed by atoms with Crippen molar-refractivity contribution in [1.82, 2.24) is 24.6 Å². The van der Waals surface area contributed by atoms with Crippen LogP contribution in [0.4, 0.5) is 4.39 Å². The molecule has 1 aliphatic rings. The number of fused-ring (bicyclic) bond motifs is 1. The zero-order valence-electron chi connectivity index (χ0n) is 17.3. The SMILES string of the molecule is Cc1nc2c(cnn2-c2ccc(F)cc2)c(=O)n1CCC(=O)NC1CCCCC1C. The molecule has 0 radical (unpaired) electrons. The van der Waals surface area contributed by atoms with Crippen LogP contribution in [0.1, 0.15) is 44.9 Å². The van der Waals surface area contributed by atoms with Crippen LogP contribution in [0.15, 0.2) is 35.3 Å². The number of carbonyl (C=O) groups excluding carboxylic acids is 1. The average Bonchev–Trinajstić information content (AvgIpc) is 3.14. The smallest absolute Gasteiger partial charge is 0.264 e. The molecule has 0 aliphatic heterocycles. The van der Waals surface area contributed by atoms with Gasteiger partial charge in [0.15, 0.2) is 5.65 Å². The van der Waals surface area contributed by atoms with Crippen molar-refractivity contribution >= 4 is 16.9 Å². The van der Waals surface area contributed by atoms with Crippen molar-refractivity contribution in [2.24, 2.45) is 5.92 Å². The van der Waals surface area contributed by atoms with Crippen molar-refractivity contribution in [3.05, 3.63) is 52.5 Å². The number of rotatable bonds is 5. The van der Waals surface area contributed by atoms with Crippen molar-refractivity contribution in [3.63, 3.8) is 0 Å². The van der Waals surface area contributed by atoms with Crippen LogP contribution < -0.4 is 10.9 Å². The summed E-state index contributed by atoms with van der Waals surface area (Å²) in [5, 5.41) is 7.75. The number of nitrogens with zero attached hydrogens (tertiary/aromatic N) is 4. The van der Waals surface area contributed by atoms with Crippen LogP contribution in [0.2, 0.25) is 0 Å². The highest BCUT2D eigenvalue weighted by molar-refractivity contribution is 5.77. The van der Waals surface area contributed by atoms with Crippen LogP contribution in [-0.4, -0.2) is 31.3 Å². The van der Waals surface area contributed by atoms with Crippen LogP contribution in [0, 0.1) is 18.7 Å². The van der Waals surface area contributed by atoms with Crippen LogP contribution in [0.3, 0.4) is 0 Å². The Hall–Kier alpha value is -3.03. The maximum Gasteiger partial charge on any atom is 0.264 e. The van der Waals surface area contributed by atoms with Gasteiger partial charge in [0.1, 0.15) is 17.0 Å². The van der Waals surface area contributed by atoms with Gasteiger partial charge in [-0.3, -0.25) is 14.2 Å². The molecule has 0 bridgehead atoms. The van der Waals surface area contributed by atoms with E-state index < -0.39 is 0 Å². The predicted octanol–water partition coefficient (Wildman–Crippen LogP) is 3.11. The minimum Gasteiger partial charge on any atom is -0.353 e. The molecule has 1 aromatic carbocycles. The van der Waals surface area contributed by atoms with Gasteiger partial charge >= 0.3 is 0 Å². The molecule has 1 saturated carbocycles. The van der Waals surface area contributed by atoms with E-state index in [2.05, 4.69) is 22.3 Å². The molecule has 1 amide bonds. The second-order valence-corrected chi connectivity index (χ2v) is 8.07. The third-order valence-electron chi connectivity index (χ3n) is 5.97. The molecular formula is C22H26FN5O2. The minimum absolute atomic E-state index is 0.0397. The van der Waals surface area contributed by atoms with Crippen LogP contribution in [0.25, 0.3) is 16.7 Å². The van der Waals surface area contributed by atoms with Gasteiger partial charge in [0, 0.05) is 19.0 Å². The van der Waals surface area contributed by atoms with Gasteiger partial charge < -0.3 is 5.32 Å². The number of aromatic nitrogens is 4. The fraction of sp³-hybridized carbons (Fsp3) is 0.455. The Labute approximate surface area is 173 Å². The zero-order chi connectivity index (χ0) is 21.3. The second kappa shape index (κ2) is 8.38. The molecule has 158 valence electrons. The van der Waals surface area contributed by atoms with Gasteiger partial charge in [-0.2, -0.15) is 5.10 Å². The molecule has 1 fully saturated rings. The summed E-state index contributed by atoms with van der Waals surface area (Å²) >= 11 is 0. The van der Waals surface area contributed by atoms with E-state index in [1.807, 2.05) is 0 Å². The van der Waals surface area contributed by atoms with Crippen molar-refractivity contribution < 1.29 is 9.18 Å². The minimum atomic E-state index is -0.345. The van der Waals surface area contributed by atoms with Gasteiger partial charge in [-0.05, 0) is 49.9 Å². The molecule has 7 nitrogen and oxygen atoms in total. The summed E-state index contributed by atoms with van der Waals surface area (Å²) in [6, 6.07) is 6.06. The lowest BCUT2D eigenvalue weighted by Gasteiger charge is -2.29. The number of halogens is 1. The fourth-order valence-corrected chi connectivity index (χ4v) is 4.16. The number of carbonyl (C=O) groups is 1. The first-order valence-corrected chi connectivity index (χ1v) is 10.4. The number of aryl methyl sites for hydroxylation is 1. The fourth-order valence-electron chi connectivity index (χ4n) is 4.16. The first kappa shape index (κ1) is 20.3. The maximum absolute atomic E-state index is 13.2. The first-order chi connectivity index (χ1) is 14.4. The lowest BCUT2D eigenvalue weighted by atomic mass is 9.86. The van der Waals surface area contributed by atoms with Gasteiger partial charge in [-0.1, -0.05) is 19.8 Å². The summed E-state index contributed by atoms with van der Waals surface area (Å²) in [5.41, 5.74) is 0.807. The van der Waals surface area contributed by atoms with Gasteiger partial charge in [-0.15, -0.1) is 0 Å². The Morgan fingerprint density at radius 1 is 1.23 bits per heavy atom. The van der Waals surface area contributed by atoms with Crippen LogP contribution >= 0.6 is 0 Å². The summed E-state index contributed by atoms with van der Waals surface area (Å²) < 4.78 is 16.2. The molecule has 2 atom stereocenters. The number of benzene rings is 1. The highest BCUT2D eigenvalue weighted by atomic mass is 19.1. The van der Waals surface area contributed by atoms with Gasteiger partial charge in [0.05, 0.1) is 11.9 Å². The largest absolute Gasteiger partial charge is 0.353 e. The van der Waals surface area contributed by atoms with E-state index in [1.54, 1.807) is 19.1 Å². The summed E-state index contributed by atoms with van der Waals surface area (Å²) in [6.07, 6.45) is 6.22. The van der Waals surface area contributed by atoms with E-state index in [9.17, 15) is 14.0 Å². The van der Waals surface area contributed by atoms with Crippen molar-refractivity contribution in [2.45, 2.75) is 58.5 Å². The number of hydrogen-bond acceptors (Lipinski definition) is 4. The van der Waals surface area contributed by atoms with E-state index in [-0.39, 0.29) is 36.3 Å². The average molecular weight is 411 g/mol. The molecule has 1 N–H and O–H groups in total. The van der Waals surface area contributed by atoms with Gasteiger partial charge in [-0.25, -0.2) is 14.1 Å². The molecule has 2 heterocycles. The Morgan fingerprint density at radius 3 is 2.70 bits per heavy atom. The lowest BCUT2D eigenvalue weighted by molar-refractivity contribution is -0.122. The Balaban J connectivity index is 1.53. The standard InChI is InChI=1S/C22H26FN5O2/c1-14-5-3-4-6-19(14)26-20(29)11-12-27-15(2)25-21-18(22(27)30)13-24-28(21)17-9-7-16(23)8-10-17/h7-10,13-14,19H,3-6,11-12H2,1-2H3,(H,26,29). The number of hydrogen-bond donors (Lipinski definition) is 1. The first-order valence-electron chi connectivity index (χ1n) is 10.4. The topological polar surface area (TPSA) is 81.8 Å². The van der Waals surface area contributed by atoms with E-state index >= 15 is 0 Å². The van der Waals surface area contributed by atoms with Crippen molar-refractivity contribution in [3.8, 4) is 5.69 Å². The maximum atomic E-state index is 13.2. The number of amides is 1. The second-order valence-electron chi connectivity index (χ2n) is 8.07. The summed E-state index contributed by atoms with van der Waals surface area (Å²) in [5.74, 6) is 0.613. The molecule has 1 aliphatic carbocycles. The van der Waals surface area contributed by atoms with E-state index in [0.717, 1.165) is 19.3 Å². The highest BCUT2D eigenvalue weighted by Crippen LogP contribution is 2.23.